The first-order chi connectivity index (χ1) is 7.90. The summed E-state index contributed by atoms with van der Waals surface area (Å²) in [6, 6.07) is 5.73. The van der Waals surface area contributed by atoms with Gasteiger partial charge in [-0.15, -0.1) is 13.2 Å². The third kappa shape index (κ3) is 5.29. The second kappa shape index (κ2) is 5.61. The van der Waals surface area contributed by atoms with Gasteiger partial charge >= 0.3 is 6.36 Å². The maximum Gasteiger partial charge on any atom is 0.573 e. The molecule has 0 amide bonds. The van der Waals surface area contributed by atoms with Gasteiger partial charge in [-0.05, 0) is 18.6 Å². The van der Waals surface area contributed by atoms with Crippen LogP contribution in [0.3, 0.4) is 0 Å². The number of benzene rings is 1. The Kier molecular flexibility index (Phi) is 4.43. The van der Waals surface area contributed by atoms with Gasteiger partial charge in [-0.1, -0.05) is 25.1 Å². The Bertz CT molecular complexity index is 388. The lowest BCUT2D eigenvalue weighted by atomic mass is 10.2. The summed E-state index contributed by atoms with van der Waals surface area (Å²) in [5.74, 6) is -0.232. The minimum absolute atomic E-state index is 0.232. The van der Waals surface area contributed by atoms with Crippen molar-refractivity contribution in [3.8, 4) is 5.75 Å². The van der Waals surface area contributed by atoms with Crippen LogP contribution in [0, 0.1) is 0 Å². The molecule has 0 aliphatic carbocycles. The molecule has 0 aromatic heterocycles. The Labute approximate surface area is 98.1 Å². The van der Waals surface area contributed by atoms with Gasteiger partial charge < -0.3 is 10.1 Å². The van der Waals surface area contributed by atoms with E-state index in [-0.39, 0.29) is 5.75 Å². The summed E-state index contributed by atoms with van der Waals surface area (Å²) >= 11 is 0. The largest absolute Gasteiger partial charge is 0.573 e. The summed E-state index contributed by atoms with van der Waals surface area (Å²) < 4.78 is 39.8. The quantitative estimate of drug-likeness (QED) is 0.793. The predicted molar refractivity (Wildman–Crippen MR) is 61.0 cm³/mol. The molecule has 1 rings (SSSR count). The van der Waals surface area contributed by atoms with Crippen molar-refractivity contribution in [3.05, 3.63) is 36.4 Å². The van der Waals surface area contributed by atoms with Crippen LogP contribution in [0.15, 0.2) is 36.4 Å². The summed E-state index contributed by atoms with van der Waals surface area (Å²) in [7, 11) is 0. The monoisotopic (exact) mass is 245 g/mol. The molecule has 94 valence electrons. The van der Waals surface area contributed by atoms with Crippen LogP contribution >= 0.6 is 0 Å². The van der Waals surface area contributed by atoms with Crippen molar-refractivity contribution in [1.82, 2.24) is 0 Å². The molecular weight excluding hydrogens is 231 g/mol. The molecule has 0 fully saturated rings. The van der Waals surface area contributed by atoms with Gasteiger partial charge in [0.2, 0.25) is 0 Å². The van der Waals surface area contributed by atoms with E-state index in [0.717, 1.165) is 12.0 Å². The minimum Gasteiger partial charge on any atom is -0.406 e. The summed E-state index contributed by atoms with van der Waals surface area (Å²) in [6.45, 7) is 6.30. The van der Waals surface area contributed by atoms with E-state index in [4.69, 9.17) is 0 Å². The van der Waals surface area contributed by atoms with Crippen molar-refractivity contribution in [3.63, 3.8) is 0 Å². The van der Waals surface area contributed by atoms with Crippen molar-refractivity contribution in [2.45, 2.75) is 19.7 Å². The predicted octanol–water partition coefficient (Wildman–Crippen LogP) is 3.96. The Hall–Kier alpha value is -1.65. The maximum absolute atomic E-state index is 12.0. The third-order valence-corrected chi connectivity index (χ3v) is 2.11. The molecule has 5 heteroatoms. The number of ether oxygens (including phenoxy) is 1. The number of rotatable bonds is 5. The van der Waals surface area contributed by atoms with Gasteiger partial charge in [0.05, 0.1) is 0 Å². The Balaban J connectivity index is 2.63. The number of anilines is 1. The molecule has 1 N–H and O–H groups in total. The molecule has 17 heavy (non-hydrogen) atoms. The van der Waals surface area contributed by atoms with Gasteiger partial charge in [0.1, 0.15) is 5.75 Å². The highest BCUT2D eigenvalue weighted by atomic mass is 19.4. The Morgan fingerprint density at radius 3 is 2.71 bits per heavy atom. The van der Waals surface area contributed by atoms with Gasteiger partial charge in [-0.25, -0.2) is 0 Å². The van der Waals surface area contributed by atoms with Crippen LogP contribution in [0.5, 0.6) is 5.75 Å². The molecule has 1 aromatic carbocycles. The first-order valence-electron chi connectivity index (χ1n) is 5.17. The molecule has 0 aliphatic heterocycles. The molecule has 0 radical (unpaired) electrons. The van der Waals surface area contributed by atoms with Crippen LogP contribution < -0.4 is 10.1 Å². The van der Waals surface area contributed by atoms with E-state index < -0.39 is 6.36 Å². The van der Waals surface area contributed by atoms with E-state index >= 15 is 0 Å². The molecule has 0 bridgehead atoms. The van der Waals surface area contributed by atoms with E-state index in [0.29, 0.717) is 12.2 Å². The number of halogens is 3. The number of nitrogens with one attached hydrogen (secondary N) is 1. The van der Waals surface area contributed by atoms with E-state index in [9.17, 15) is 13.2 Å². The molecular formula is C12H14F3NO. The summed E-state index contributed by atoms with van der Waals surface area (Å²) in [6.07, 6.45) is -3.84. The van der Waals surface area contributed by atoms with Crippen LogP contribution in [0.4, 0.5) is 18.9 Å². The van der Waals surface area contributed by atoms with Gasteiger partial charge in [-0.3, -0.25) is 0 Å². The summed E-state index contributed by atoms with van der Waals surface area (Å²) in [4.78, 5) is 0. The molecule has 0 spiro atoms. The highest BCUT2D eigenvalue weighted by Crippen LogP contribution is 2.25. The molecule has 0 heterocycles. The van der Waals surface area contributed by atoms with E-state index in [2.05, 4.69) is 16.6 Å². The molecule has 1 aromatic rings. The van der Waals surface area contributed by atoms with Gasteiger partial charge in [0.25, 0.3) is 0 Å². The zero-order valence-electron chi connectivity index (χ0n) is 9.47. The molecule has 0 aliphatic rings. The highest BCUT2D eigenvalue weighted by Gasteiger charge is 2.31. The SMILES string of the molecule is C=C(CC)CNc1cccc(OC(F)(F)F)c1. The zero-order chi connectivity index (χ0) is 12.9. The lowest BCUT2D eigenvalue weighted by Crippen LogP contribution is -2.17. The summed E-state index contributed by atoms with van der Waals surface area (Å²) in [5.41, 5.74) is 1.55. The second-order valence-electron chi connectivity index (χ2n) is 3.53. The van der Waals surface area contributed by atoms with Crippen LogP contribution in [-0.4, -0.2) is 12.9 Å². The van der Waals surface area contributed by atoms with E-state index in [1.54, 1.807) is 6.07 Å². The average Bonchev–Trinajstić information content (AvgIpc) is 2.24. The normalized spacial score (nSPS) is 11.1. The van der Waals surface area contributed by atoms with Crippen molar-refractivity contribution in [1.29, 1.82) is 0 Å². The Morgan fingerprint density at radius 2 is 2.12 bits per heavy atom. The zero-order valence-corrected chi connectivity index (χ0v) is 9.47. The fraction of sp³-hybridized carbons (Fsp3) is 0.333. The smallest absolute Gasteiger partial charge is 0.406 e. The first-order valence-corrected chi connectivity index (χ1v) is 5.17. The molecule has 0 atom stereocenters. The fourth-order valence-electron chi connectivity index (χ4n) is 1.16. The minimum atomic E-state index is -4.66. The third-order valence-electron chi connectivity index (χ3n) is 2.11. The Morgan fingerprint density at radius 1 is 1.41 bits per heavy atom. The fourth-order valence-corrected chi connectivity index (χ4v) is 1.16. The summed E-state index contributed by atoms with van der Waals surface area (Å²) in [5, 5.41) is 2.97. The number of hydrogen-bond donors (Lipinski definition) is 1. The second-order valence-corrected chi connectivity index (χ2v) is 3.53. The van der Waals surface area contributed by atoms with Gasteiger partial charge in [0, 0.05) is 18.3 Å². The molecule has 0 unspecified atom stereocenters. The number of alkyl halides is 3. The molecule has 0 saturated carbocycles. The topological polar surface area (TPSA) is 21.3 Å². The van der Waals surface area contributed by atoms with Crippen LogP contribution in [0.1, 0.15) is 13.3 Å². The maximum atomic E-state index is 12.0. The standard InChI is InChI=1S/C12H14F3NO/c1-3-9(2)8-16-10-5-4-6-11(7-10)17-12(13,14)15/h4-7,16H,2-3,8H2,1H3. The van der Waals surface area contributed by atoms with Gasteiger partial charge in [-0.2, -0.15) is 0 Å². The molecule has 2 nitrogen and oxygen atoms in total. The lowest BCUT2D eigenvalue weighted by molar-refractivity contribution is -0.274. The van der Waals surface area contributed by atoms with Crippen molar-refractivity contribution in [2.24, 2.45) is 0 Å². The van der Waals surface area contributed by atoms with Crippen molar-refractivity contribution < 1.29 is 17.9 Å². The van der Waals surface area contributed by atoms with Crippen LogP contribution in [-0.2, 0) is 0 Å². The van der Waals surface area contributed by atoms with Gasteiger partial charge in [0.15, 0.2) is 0 Å². The van der Waals surface area contributed by atoms with Crippen molar-refractivity contribution >= 4 is 5.69 Å². The van der Waals surface area contributed by atoms with Crippen LogP contribution in [0.25, 0.3) is 0 Å². The molecule has 0 saturated heterocycles. The van der Waals surface area contributed by atoms with Crippen LogP contribution in [0.2, 0.25) is 0 Å². The highest BCUT2D eigenvalue weighted by molar-refractivity contribution is 5.48. The first kappa shape index (κ1) is 13.4. The van der Waals surface area contributed by atoms with E-state index in [1.807, 2.05) is 6.92 Å². The van der Waals surface area contributed by atoms with Crippen molar-refractivity contribution in [2.75, 3.05) is 11.9 Å². The number of hydrogen-bond acceptors (Lipinski definition) is 2. The van der Waals surface area contributed by atoms with E-state index in [1.165, 1.54) is 18.2 Å². The average molecular weight is 245 g/mol. The lowest BCUT2D eigenvalue weighted by Gasteiger charge is -2.11.